The highest BCUT2D eigenvalue weighted by molar-refractivity contribution is 5.94. The van der Waals surface area contributed by atoms with Crippen LogP contribution >= 0.6 is 0 Å². The molecule has 0 radical (unpaired) electrons. The number of hydrogen-bond acceptors (Lipinski definition) is 4. The number of terminal acetylenes is 1. The maximum Gasteiger partial charge on any atom is 0.305 e. The van der Waals surface area contributed by atoms with Crippen LogP contribution in [0.2, 0.25) is 0 Å². The third-order valence-electron chi connectivity index (χ3n) is 2.02. The normalized spacial score (nSPS) is 9.28. The Morgan fingerprint density at radius 3 is 2.78 bits per heavy atom. The summed E-state index contributed by atoms with van der Waals surface area (Å²) < 4.78 is 0. The van der Waals surface area contributed by atoms with Gasteiger partial charge >= 0.3 is 5.97 Å². The quantitative estimate of drug-likeness (QED) is 0.630. The van der Waals surface area contributed by atoms with Gasteiger partial charge in [-0.2, -0.15) is 0 Å². The van der Waals surface area contributed by atoms with E-state index in [-0.39, 0.29) is 25.4 Å². The lowest BCUT2D eigenvalue weighted by molar-refractivity contribution is -0.136. The third-order valence-corrected chi connectivity index (χ3v) is 2.02. The lowest BCUT2D eigenvalue weighted by Crippen LogP contribution is -2.23. The van der Waals surface area contributed by atoms with E-state index in [0.29, 0.717) is 11.4 Å². The summed E-state index contributed by atoms with van der Waals surface area (Å²) in [5.41, 5.74) is 0.397. The molecule has 0 spiro atoms. The fourth-order valence-electron chi connectivity index (χ4n) is 1.16. The maximum absolute atomic E-state index is 11.5. The number of aromatic nitrogens is 1. The van der Waals surface area contributed by atoms with Crippen molar-refractivity contribution in [3.05, 3.63) is 23.9 Å². The first kappa shape index (κ1) is 13.5. The number of pyridine rings is 1. The minimum atomic E-state index is -0.882. The van der Waals surface area contributed by atoms with Gasteiger partial charge in [0, 0.05) is 12.7 Å². The van der Waals surface area contributed by atoms with E-state index in [4.69, 9.17) is 11.5 Å². The summed E-state index contributed by atoms with van der Waals surface area (Å²) in [5, 5.41) is 13.8. The van der Waals surface area contributed by atoms with E-state index in [1.807, 2.05) is 0 Å². The van der Waals surface area contributed by atoms with Crippen LogP contribution in [0.3, 0.4) is 0 Å². The topological polar surface area (TPSA) is 91.3 Å². The van der Waals surface area contributed by atoms with Crippen LogP contribution < -0.4 is 10.6 Å². The van der Waals surface area contributed by atoms with E-state index in [2.05, 4.69) is 21.5 Å². The monoisotopic (exact) mass is 247 g/mol. The summed E-state index contributed by atoms with van der Waals surface area (Å²) in [6.45, 7) is 0.447. The van der Waals surface area contributed by atoms with Crippen molar-refractivity contribution in [1.82, 2.24) is 10.3 Å². The average molecular weight is 247 g/mol. The van der Waals surface area contributed by atoms with Gasteiger partial charge in [-0.25, -0.2) is 4.98 Å². The van der Waals surface area contributed by atoms with Gasteiger partial charge in [0.15, 0.2) is 0 Å². The van der Waals surface area contributed by atoms with Gasteiger partial charge in [0.05, 0.1) is 18.5 Å². The van der Waals surface area contributed by atoms with Crippen LogP contribution in [0, 0.1) is 12.3 Å². The highest BCUT2D eigenvalue weighted by Gasteiger charge is 2.04. The minimum absolute atomic E-state index is 0.00604. The number of rotatable bonds is 6. The van der Waals surface area contributed by atoms with Gasteiger partial charge in [0.1, 0.15) is 5.82 Å². The molecule has 18 heavy (non-hydrogen) atoms. The second-order valence-electron chi connectivity index (χ2n) is 3.39. The van der Waals surface area contributed by atoms with Crippen molar-refractivity contribution in [1.29, 1.82) is 0 Å². The summed E-state index contributed by atoms with van der Waals surface area (Å²) in [6, 6.07) is 3.19. The zero-order chi connectivity index (χ0) is 13.4. The van der Waals surface area contributed by atoms with Crippen molar-refractivity contribution < 1.29 is 14.7 Å². The summed E-state index contributed by atoms with van der Waals surface area (Å²) in [5.74, 6) is 1.64. The zero-order valence-electron chi connectivity index (χ0n) is 9.64. The molecule has 1 aromatic heterocycles. The van der Waals surface area contributed by atoms with Crippen molar-refractivity contribution in [3.63, 3.8) is 0 Å². The zero-order valence-corrected chi connectivity index (χ0v) is 9.64. The maximum atomic E-state index is 11.5. The minimum Gasteiger partial charge on any atom is -0.481 e. The Morgan fingerprint density at radius 1 is 1.44 bits per heavy atom. The van der Waals surface area contributed by atoms with Crippen molar-refractivity contribution in [2.24, 2.45) is 0 Å². The molecule has 1 heterocycles. The van der Waals surface area contributed by atoms with Gasteiger partial charge in [-0.05, 0) is 12.1 Å². The van der Waals surface area contributed by atoms with Gasteiger partial charge in [0.2, 0.25) is 0 Å². The lowest BCUT2D eigenvalue weighted by atomic mass is 10.2. The second kappa shape index (κ2) is 6.91. The smallest absolute Gasteiger partial charge is 0.305 e. The van der Waals surface area contributed by atoms with E-state index in [1.165, 1.54) is 6.20 Å². The van der Waals surface area contributed by atoms with Crippen LogP contribution in [0.4, 0.5) is 5.82 Å². The molecule has 94 valence electrons. The molecule has 3 N–H and O–H groups in total. The molecule has 0 fully saturated rings. The van der Waals surface area contributed by atoms with E-state index in [1.54, 1.807) is 12.1 Å². The Bertz CT molecular complexity index is 462. The molecule has 0 aromatic carbocycles. The second-order valence-corrected chi connectivity index (χ2v) is 3.39. The van der Waals surface area contributed by atoms with Crippen molar-refractivity contribution in [2.75, 3.05) is 18.4 Å². The van der Waals surface area contributed by atoms with Gasteiger partial charge < -0.3 is 15.7 Å². The number of nitrogens with one attached hydrogen (secondary N) is 2. The fraction of sp³-hybridized carbons (Fsp3) is 0.250. The number of nitrogens with zero attached hydrogens (tertiary/aromatic N) is 1. The molecule has 0 saturated carbocycles. The number of carbonyl (C=O) groups is 2. The molecule has 1 aromatic rings. The number of amides is 1. The number of carbonyl (C=O) groups excluding carboxylic acids is 1. The molecule has 0 aliphatic heterocycles. The van der Waals surface area contributed by atoms with Crippen LogP contribution in [0.15, 0.2) is 18.3 Å². The van der Waals surface area contributed by atoms with Gasteiger partial charge in [-0.1, -0.05) is 5.92 Å². The highest BCUT2D eigenvalue weighted by Crippen LogP contribution is 2.04. The first-order valence-electron chi connectivity index (χ1n) is 5.27. The number of aliphatic carboxylic acids is 1. The van der Waals surface area contributed by atoms with E-state index in [0.717, 1.165) is 0 Å². The Morgan fingerprint density at radius 2 is 2.22 bits per heavy atom. The number of anilines is 1. The molecule has 1 rings (SSSR count). The molecular weight excluding hydrogens is 234 g/mol. The fourth-order valence-corrected chi connectivity index (χ4v) is 1.16. The summed E-state index contributed by atoms with van der Waals surface area (Å²) >= 11 is 0. The van der Waals surface area contributed by atoms with E-state index in [9.17, 15) is 9.59 Å². The molecule has 0 aliphatic rings. The Labute approximate surface area is 104 Å². The van der Waals surface area contributed by atoms with Crippen LogP contribution in [-0.2, 0) is 4.79 Å². The molecule has 0 unspecified atom stereocenters. The largest absolute Gasteiger partial charge is 0.481 e. The molecule has 0 bridgehead atoms. The molecule has 1 amide bonds. The molecule has 0 saturated heterocycles. The predicted molar refractivity (Wildman–Crippen MR) is 66.1 cm³/mol. The average Bonchev–Trinajstić information content (AvgIpc) is 2.36. The van der Waals surface area contributed by atoms with Crippen LogP contribution in [0.1, 0.15) is 16.8 Å². The van der Waals surface area contributed by atoms with Crippen molar-refractivity contribution in [2.45, 2.75) is 6.42 Å². The van der Waals surface area contributed by atoms with Crippen LogP contribution in [0.5, 0.6) is 0 Å². The molecule has 6 nitrogen and oxygen atoms in total. The summed E-state index contributed by atoms with van der Waals surface area (Å²) in [7, 11) is 0. The van der Waals surface area contributed by atoms with Crippen molar-refractivity contribution >= 4 is 17.7 Å². The van der Waals surface area contributed by atoms with Crippen LogP contribution in [-0.4, -0.2) is 35.1 Å². The number of carboxylic acid groups (broad SMARTS) is 1. The number of hydrogen-bond donors (Lipinski definition) is 3. The molecule has 0 atom stereocenters. The SMILES string of the molecule is C#CCNC(=O)c1ccc(NCCC(=O)O)nc1. The molecular formula is C12H13N3O3. The first-order valence-corrected chi connectivity index (χ1v) is 5.27. The standard InChI is InChI=1S/C12H13N3O3/c1-2-6-14-12(18)9-3-4-10(15-8-9)13-7-5-11(16)17/h1,3-4,8H,5-7H2,(H,13,15)(H,14,18)(H,16,17). The Balaban J connectivity index is 2.49. The van der Waals surface area contributed by atoms with Gasteiger partial charge in [0.25, 0.3) is 5.91 Å². The molecule has 0 aliphatic carbocycles. The predicted octanol–water partition coefficient (Wildman–Crippen LogP) is 0.331. The summed E-state index contributed by atoms with van der Waals surface area (Å²) in [6.07, 6.45) is 6.42. The molecule has 6 heteroatoms. The van der Waals surface area contributed by atoms with E-state index < -0.39 is 5.97 Å². The first-order chi connectivity index (χ1) is 8.63. The Hall–Kier alpha value is -2.55. The highest BCUT2D eigenvalue weighted by atomic mass is 16.4. The van der Waals surface area contributed by atoms with Gasteiger partial charge in [-0.15, -0.1) is 6.42 Å². The van der Waals surface area contributed by atoms with E-state index >= 15 is 0 Å². The van der Waals surface area contributed by atoms with Crippen LogP contribution in [0.25, 0.3) is 0 Å². The summed E-state index contributed by atoms with van der Waals surface area (Å²) in [4.78, 5) is 25.8. The lowest BCUT2D eigenvalue weighted by Gasteiger charge is -2.05. The number of carboxylic acids is 1. The Kier molecular flexibility index (Phi) is 5.19. The third kappa shape index (κ3) is 4.53. The van der Waals surface area contributed by atoms with Gasteiger partial charge in [-0.3, -0.25) is 9.59 Å². The van der Waals surface area contributed by atoms with Crippen molar-refractivity contribution in [3.8, 4) is 12.3 Å².